The Morgan fingerprint density at radius 2 is 2.12 bits per heavy atom. The lowest BCUT2D eigenvalue weighted by Gasteiger charge is -2.23. The SMILES string of the molecule is Cc1noc(C)c1-c1ccc([C@@H]2CCCN2C(=O)c2cn(C)cn2)nc1. The van der Waals surface area contributed by atoms with Gasteiger partial charge in [0.15, 0.2) is 0 Å². The van der Waals surface area contributed by atoms with E-state index in [2.05, 4.69) is 15.1 Å². The molecule has 4 heterocycles. The molecule has 0 bridgehead atoms. The molecule has 134 valence electrons. The van der Waals surface area contributed by atoms with Gasteiger partial charge in [-0.15, -0.1) is 0 Å². The maximum atomic E-state index is 12.8. The quantitative estimate of drug-likeness (QED) is 0.725. The van der Waals surface area contributed by atoms with E-state index in [4.69, 9.17) is 4.52 Å². The van der Waals surface area contributed by atoms with E-state index in [1.54, 1.807) is 17.1 Å². The number of aryl methyl sites for hydroxylation is 3. The summed E-state index contributed by atoms with van der Waals surface area (Å²) >= 11 is 0. The number of hydrogen-bond acceptors (Lipinski definition) is 5. The monoisotopic (exact) mass is 351 g/mol. The zero-order valence-electron chi connectivity index (χ0n) is 15.1. The summed E-state index contributed by atoms with van der Waals surface area (Å²) < 4.78 is 7.03. The minimum atomic E-state index is -0.0373. The van der Waals surface area contributed by atoms with Gasteiger partial charge in [-0.3, -0.25) is 9.78 Å². The Balaban J connectivity index is 1.59. The summed E-state index contributed by atoms with van der Waals surface area (Å²) in [5.41, 5.74) is 4.20. The number of carbonyl (C=O) groups is 1. The molecule has 0 unspecified atom stereocenters. The van der Waals surface area contributed by atoms with Crippen molar-refractivity contribution < 1.29 is 9.32 Å². The fraction of sp³-hybridized carbons (Fsp3) is 0.368. The molecule has 3 aromatic rings. The lowest BCUT2D eigenvalue weighted by atomic mass is 10.0. The summed E-state index contributed by atoms with van der Waals surface area (Å²) in [4.78, 5) is 23.5. The number of carbonyl (C=O) groups excluding carboxylic acids is 1. The highest BCUT2D eigenvalue weighted by Gasteiger charge is 2.32. The van der Waals surface area contributed by atoms with E-state index in [1.165, 1.54) is 0 Å². The van der Waals surface area contributed by atoms with E-state index in [1.807, 2.05) is 44.1 Å². The molecule has 0 spiro atoms. The van der Waals surface area contributed by atoms with Crippen molar-refractivity contribution in [1.82, 2.24) is 24.6 Å². The Morgan fingerprint density at radius 1 is 1.27 bits per heavy atom. The predicted octanol–water partition coefficient (Wildman–Crippen LogP) is 3.06. The van der Waals surface area contributed by atoms with Crippen LogP contribution in [0.2, 0.25) is 0 Å². The maximum absolute atomic E-state index is 12.8. The molecule has 1 fully saturated rings. The van der Waals surface area contributed by atoms with E-state index in [-0.39, 0.29) is 11.9 Å². The lowest BCUT2D eigenvalue weighted by molar-refractivity contribution is 0.0727. The fourth-order valence-electron chi connectivity index (χ4n) is 3.63. The third kappa shape index (κ3) is 2.79. The summed E-state index contributed by atoms with van der Waals surface area (Å²) in [6, 6.07) is 4.01. The van der Waals surface area contributed by atoms with E-state index in [0.717, 1.165) is 47.7 Å². The second-order valence-electron chi connectivity index (χ2n) is 6.75. The smallest absolute Gasteiger partial charge is 0.274 e. The van der Waals surface area contributed by atoms with Gasteiger partial charge in [-0.05, 0) is 32.8 Å². The number of aromatic nitrogens is 4. The average Bonchev–Trinajstić information content (AvgIpc) is 3.35. The second kappa shape index (κ2) is 6.40. The van der Waals surface area contributed by atoms with Crippen molar-refractivity contribution >= 4 is 5.91 Å². The highest BCUT2D eigenvalue weighted by molar-refractivity contribution is 5.92. The largest absolute Gasteiger partial charge is 0.361 e. The Hall–Kier alpha value is -2.96. The molecule has 1 aliphatic rings. The number of pyridine rings is 1. The van der Waals surface area contributed by atoms with Gasteiger partial charge in [0.2, 0.25) is 0 Å². The molecule has 0 radical (unpaired) electrons. The van der Waals surface area contributed by atoms with Crippen LogP contribution >= 0.6 is 0 Å². The molecule has 1 amide bonds. The Morgan fingerprint density at radius 3 is 2.73 bits per heavy atom. The molecule has 4 rings (SSSR count). The topological polar surface area (TPSA) is 77.0 Å². The molecule has 7 nitrogen and oxygen atoms in total. The number of rotatable bonds is 3. The van der Waals surface area contributed by atoms with Crippen LogP contribution in [0, 0.1) is 13.8 Å². The van der Waals surface area contributed by atoms with Crippen molar-refractivity contribution in [2.75, 3.05) is 6.54 Å². The summed E-state index contributed by atoms with van der Waals surface area (Å²) in [5, 5.41) is 4.00. The van der Waals surface area contributed by atoms with Crippen LogP contribution in [0.4, 0.5) is 0 Å². The minimum Gasteiger partial charge on any atom is -0.361 e. The molecule has 7 heteroatoms. The van der Waals surface area contributed by atoms with Crippen LogP contribution < -0.4 is 0 Å². The van der Waals surface area contributed by atoms with E-state index >= 15 is 0 Å². The van der Waals surface area contributed by atoms with Crippen molar-refractivity contribution in [1.29, 1.82) is 0 Å². The van der Waals surface area contributed by atoms with Gasteiger partial charge in [-0.2, -0.15) is 0 Å². The molecule has 1 aliphatic heterocycles. The van der Waals surface area contributed by atoms with Crippen molar-refractivity contribution in [2.24, 2.45) is 7.05 Å². The summed E-state index contributed by atoms with van der Waals surface area (Å²) in [7, 11) is 1.86. The molecule has 0 N–H and O–H groups in total. The highest BCUT2D eigenvalue weighted by atomic mass is 16.5. The van der Waals surface area contributed by atoms with Crippen LogP contribution in [0.3, 0.4) is 0 Å². The average molecular weight is 351 g/mol. The van der Waals surface area contributed by atoms with E-state index in [9.17, 15) is 4.79 Å². The Bertz CT molecular complexity index is 922. The minimum absolute atomic E-state index is 0.0109. The van der Waals surface area contributed by atoms with Gasteiger partial charge in [0, 0.05) is 37.1 Å². The predicted molar refractivity (Wildman–Crippen MR) is 95.4 cm³/mol. The molecule has 0 aliphatic carbocycles. The maximum Gasteiger partial charge on any atom is 0.274 e. The van der Waals surface area contributed by atoms with Crippen molar-refractivity contribution in [3.05, 3.63) is 53.7 Å². The standard InChI is InChI=1S/C19H21N5O2/c1-12-18(13(2)26-22-12)14-6-7-15(20-9-14)17-5-4-8-24(17)19(25)16-10-23(3)11-21-16/h6-7,9-11,17H,4-5,8H2,1-3H3/t17-/m0/s1. The molecule has 1 atom stereocenters. The van der Waals surface area contributed by atoms with E-state index in [0.29, 0.717) is 5.69 Å². The zero-order valence-corrected chi connectivity index (χ0v) is 15.1. The Labute approximate surface area is 151 Å². The molecule has 0 aromatic carbocycles. The third-order valence-electron chi connectivity index (χ3n) is 4.89. The van der Waals surface area contributed by atoms with Crippen LogP contribution in [-0.2, 0) is 7.05 Å². The normalized spacial score (nSPS) is 17.0. The molecule has 1 saturated heterocycles. The Kier molecular flexibility index (Phi) is 4.06. The van der Waals surface area contributed by atoms with Crippen molar-refractivity contribution in [3.8, 4) is 11.1 Å². The van der Waals surface area contributed by atoms with Crippen molar-refractivity contribution in [2.45, 2.75) is 32.7 Å². The first-order valence-electron chi connectivity index (χ1n) is 8.72. The van der Waals surface area contributed by atoms with Gasteiger partial charge in [0.25, 0.3) is 5.91 Å². The van der Waals surface area contributed by atoms with Crippen LogP contribution in [0.5, 0.6) is 0 Å². The summed E-state index contributed by atoms with van der Waals surface area (Å²) in [5.74, 6) is 0.745. The van der Waals surface area contributed by atoms with Crippen LogP contribution in [0.25, 0.3) is 11.1 Å². The highest BCUT2D eigenvalue weighted by Crippen LogP contribution is 2.33. The zero-order chi connectivity index (χ0) is 18.3. The number of nitrogens with zero attached hydrogens (tertiary/aromatic N) is 5. The molecular formula is C19H21N5O2. The first kappa shape index (κ1) is 16.5. The molecule has 0 saturated carbocycles. The first-order valence-corrected chi connectivity index (χ1v) is 8.72. The van der Waals surface area contributed by atoms with Gasteiger partial charge in [-0.1, -0.05) is 11.2 Å². The third-order valence-corrected chi connectivity index (χ3v) is 4.89. The molecule has 3 aromatic heterocycles. The molecular weight excluding hydrogens is 330 g/mol. The molecule has 26 heavy (non-hydrogen) atoms. The van der Waals surface area contributed by atoms with Crippen LogP contribution in [-0.4, -0.2) is 37.0 Å². The van der Waals surface area contributed by atoms with Gasteiger partial charge in [-0.25, -0.2) is 4.98 Å². The summed E-state index contributed by atoms with van der Waals surface area (Å²) in [6.45, 7) is 4.55. The number of likely N-dealkylation sites (tertiary alicyclic amines) is 1. The van der Waals surface area contributed by atoms with E-state index < -0.39 is 0 Å². The first-order chi connectivity index (χ1) is 12.5. The number of amides is 1. The lowest BCUT2D eigenvalue weighted by Crippen LogP contribution is -2.31. The van der Waals surface area contributed by atoms with Crippen LogP contribution in [0.15, 0.2) is 35.4 Å². The second-order valence-corrected chi connectivity index (χ2v) is 6.75. The van der Waals surface area contributed by atoms with Gasteiger partial charge in [0.1, 0.15) is 11.5 Å². The summed E-state index contributed by atoms with van der Waals surface area (Å²) in [6.07, 6.45) is 7.12. The van der Waals surface area contributed by atoms with Crippen molar-refractivity contribution in [3.63, 3.8) is 0 Å². The number of hydrogen-bond donors (Lipinski definition) is 0. The number of imidazole rings is 1. The van der Waals surface area contributed by atoms with Gasteiger partial charge in [0.05, 0.1) is 23.8 Å². The van der Waals surface area contributed by atoms with Gasteiger partial charge < -0.3 is 14.0 Å². The van der Waals surface area contributed by atoms with Crippen LogP contribution in [0.1, 0.15) is 46.5 Å². The fourth-order valence-corrected chi connectivity index (χ4v) is 3.63. The van der Waals surface area contributed by atoms with Gasteiger partial charge >= 0.3 is 0 Å².